The van der Waals surface area contributed by atoms with Crippen LogP contribution in [0.25, 0.3) is 0 Å². The fraction of sp³-hybridized carbons (Fsp3) is 0.733. The van der Waals surface area contributed by atoms with Crippen LogP contribution in [0.2, 0.25) is 0 Å². The van der Waals surface area contributed by atoms with E-state index in [1.165, 1.54) is 0 Å². The summed E-state index contributed by atoms with van der Waals surface area (Å²) in [6.45, 7) is 8.32. The van der Waals surface area contributed by atoms with E-state index in [4.69, 9.17) is 0 Å². The first-order valence-electron chi connectivity index (χ1n) is 7.13. The highest BCUT2D eigenvalue weighted by Crippen LogP contribution is 2.41. The number of aromatic nitrogens is 2. The maximum Gasteiger partial charge on any atom is 0.258 e. The molecule has 4 heteroatoms. The average Bonchev–Trinajstić information content (AvgIpc) is 2.27. The summed E-state index contributed by atoms with van der Waals surface area (Å²) in [4.78, 5) is 19.1. The molecular weight excluding hydrogens is 240 g/mol. The minimum atomic E-state index is -0.192. The molecule has 1 aromatic heterocycles. The van der Waals surface area contributed by atoms with Crippen molar-refractivity contribution in [2.24, 2.45) is 5.41 Å². The normalized spacial score (nSPS) is 19.8. The fourth-order valence-electron chi connectivity index (χ4n) is 2.87. The Hall–Kier alpha value is -1.32. The van der Waals surface area contributed by atoms with Crippen molar-refractivity contribution in [2.45, 2.75) is 65.2 Å². The lowest BCUT2D eigenvalue weighted by Gasteiger charge is -2.33. The topological polar surface area (TPSA) is 66.0 Å². The average molecular weight is 264 g/mol. The molecule has 0 saturated heterocycles. The van der Waals surface area contributed by atoms with Crippen molar-refractivity contribution in [2.75, 3.05) is 0 Å². The number of nitrogens with one attached hydrogen (secondary N) is 1. The molecule has 4 nitrogen and oxygen atoms in total. The van der Waals surface area contributed by atoms with Gasteiger partial charge in [0.25, 0.3) is 5.56 Å². The summed E-state index contributed by atoms with van der Waals surface area (Å²) in [6, 6.07) is 0. The van der Waals surface area contributed by atoms with Gasteiger partial charge in [0, 0.05) is 5.92 Å². The summed E-state index contributed by atoms with van der Waals surface area (Å²) < 4.78 is 0. The van der Waals surface area contributed by atoms with Crippen LogP contribution in [-0.2, 0) is 0 Å². The van der Waals surface area contributed by atoms with Crippen molar-refractivity contribution in [3.8, 4) is 5.88 Å². The monoisotopic (exact) mass is 264 g/mol. The van der Waals surface area contributed by atoms with Crippen molar-refractivity contribution in [3.63, 3.8) is 0 Å². The highest BCUT2D eigenvalue weighted by molar-refractivity contribution is 5.26. The molecule has 0 radical (unpaired) electrons. The lowest BCUT2D eigenvalue weighted by molar-refractivity contribution is 0.220. The fourth-order valence-corrected chi connectivity index (χ4v) is 2.87. The van der Waals surface area contributed by atoms with Gasteiger partial charge in [0.1, 0.15) is 5.82 Å². The van der Waals surface area contributed by atoms with E-state index < -0.39 is 0 Å². The Kier molecular flexibility index (Phi) is 3.70. The van der Waals surface area contributed by atoms with E-state index in [2.05, 4.69) is 23.8 Å². The smallest absolute Gasteiger partial charge is 0.258 e. The molecule has 19 heavy (non-hydrogen) atoms. The SMILES string of the molecule is CC(C)c1c(O)nc(C2CCC(C)(C)CC2)[nH]c1=O. The van der Waals surface area contributed by atoms with Gasteiger partial charge >= 0.3 is 0 Å². The highest BCUT2D eigenvalue weighted by atomic mass is 16.3. The van der Waals surface area contributed by atoms with Gasteiger partial charge in [-0.25, -0.2) is 0 Å². The Balaban J connectivity index is 2.26. The van der Waals surface area contributed by atoms with E-state index in [1.54, 1.807) is 0 Å². The minimum Gasteiger partial charge on any atom is -0.493 e. The molecule has 1 aliphatic rings. The van der Waals surface area contributed by atoms with Crippen LogP contribution in [0.4, 0.5) is 0 Å². The molecule has 1 aromatic rings. The number of hydrogen-bond acceptors (Lipinski definition) is 3. The summed E-state index contributed by atoms with van der Waals surface area (Å²) in [5.41, 5.74) is 0.582. The van der Waals surface area contributed by atoms with Gasteiger partial charge in [0.2, 0.25) is 5.88 Å². The Morgan fingerprint density at radius 1 is 1.32 bits per heavy atom. The summed E-state index contributed by atoms with van der Waals surface area (Å²) in [7, 11) is 0. The van der Waals surface area contributed by atoms with Crippen LogP contribution < -0.4 is 5.56 Å². The molecule has 0 amide bonds. The van der Waals surface area contributed by atoms with E-state index in [9.17, 15) is 9.90 Å². The van der Waals surface area contributed by atoms with Crippen LogP contribution in [0.1, 0.15) is 76.6 Å². The third-order valence-electron chi connectivity index (χ3n) is 4.26. The lowest BCUT2D eigenvalue weighted by atomic mass is 9.73. The van der Waals surface area contributed by atoms with E-state index >= 15 is 0 Å². The molecule has 1 aliphatic carbocycles. The molecule has 0 atom stereocenters. The van der Waals surface area contributed by atoms with Crippen LogP contribution >= 0.6 is 0 Å². The standard InChI is InChI=1S/C15H24N2O2/c1-9(2)11-13(18)16-12(17-14(11)19)10-5-7-15(3,4)8-6-10/h9-10H,5-8H2,1-4H3,(H2,16,17,18,19). The molecule has 2 N–H and O–H groups in total. The first-order chi connectivity index (χ1) is 8.80. The quantitative estimate of drug-likeness (QED) is 0.861. The van der Waals surface area contributed by atoms with Crippen LogP contribution in [0, 0.1) is 5.41 Å². The molecule has 2 rings (SSSR count). The zero-order valence-electron chi connectivity index (χ0n) is 12.3. The molecule has 1 fully saturated rings. The molecule has 0 aliphatic heterocycles. The second-order valence-corrected chi connectivity index (χ2v) is 6.78. The van der Waals surface area contributed by atoms with Crippen molar-refractivity contribution >= 4 is 0 Å². The first kappa shape index (κ1) is 14.1. The maximum absolute atomic E-state index is 12.0. The predicted octanol–water partition coefficient (Wildman–Crippen LogP) is 3.28. The van der Waals surface area contributed by atoms with E-state index in [0.717, 1.165) is 25.7 Å². The van der Waals surface area contributed by atoms with Crippen LogP contribution in [-0.4, -0.2) is 15.1 Å². The zero-order chi connectivity index (χ0) is 14.2. The number of H-pyrrole nitrogens is 1. The van der Waals surface area contributed by atoms with Gasteiger partial charge in [-0.15, -0.1) is 0 Å². The molecule has 1 heterocycles. The van der Waals surface area contributed by atoms with Crippen LogP contribution in [0.15, 0.2) is 4.79 Å². The Labute approximate surface area is 114 Å². The number of aromatic hydroxyl groups is 1. The molecule has 0 aromatic carbocycles. The van der Waals surface area contributed by atoms with Gasteiger partial charge in [0.15, 0.2) is 0 Å². The van der Waals surface area contributed by atoms with Crippen molar-refractivity contribution in [3.05, 3.63) is 21.7 Å². The van der Waals surface area contributed by atoms with E-state index in [0.29, 0.717) is 16.8 Å². The zero-order valence-corrected chi connectivity index (χ0v) is 12.3. The number of aromatic amines is 1. The molecule has 0 unspecified atom stereocenters. The number of rotatable bonds is 2. The Bertz CT molecular complexity index is 507. The summed E-state index contributed by atoms with van der Waals surface area (Å²) >= 11 is 0. The molecule has 1 saturated carbocycles. The predicted molar refractivity (Wildman–Crippen MR) is 75.6 cm³/mol. The van der Waals surface area contributed by atoms with Crippen LogP contribution in [0.5, 0.6) is 5.88 Å². The maximum atomic E-state index is 12.0. The van der Waals surface area contributed by atoms with Crippen LogP contribution in [0.3, 0.4) is 0 Å². The summed E-state index contributed by atoms with van der Waals surface area (Å²) in [5, 5.41) is 9.94. The van der Waals surface area contributed by atoms with Gasteiger partial charge < -0.3 is 10.1 Å². The lowest BCUT2D eigenvalue weighted by Crippen LogP contribution is -2.24. The van der Waals surface area contributed by atoms with Gasteiger partial charge in [-0.1, -0.05) is 27.7 Å². The van der Waals surface area contributed by atoms with Crippen molar-refractivity contribution in [1.82, 2.24) is 9.97 Å². The van der Waals surface area contributed by atoms with Gasteiger partial charge in [0.05, 0.1) is 5.56 Å². The highest BCUT2D eigenvalue weighted by Gasteiger charge is 2.29. The number of nitrogens with zero attached hydrogens (tertiary/aromatic N) is 1. The Morgan fingerprint density at radius 2 is 1.89 bits per heavy atom. The summed E-state index contributed by atoms with van der Waals surface area (Å²) in [5.74, 6) is 0.810. The van der Waals surface area contributed by atoms with Crippen molar-refractivity contribution < 1.29 is 5.11 Å². The van der Waals surface area contributed by atoms with Crippen molar-refractivity contribution in [1.29, 1.82) is 0 Å². The largest absolute Gasteiger partial charge is 0.493 e. The third-order valence-corrected chi connectivity index (χ3v) is 4.26. The second kappa shape index (κ2) is 4.99. The van der Waals surface area contributed by atoms with Gasteiger partial charge in [-0.05, 0) is 37.0 Å². The number of hydrogen-bond donors (Lipinski definition) is 2. The second-order valence-electron chi connectivity index (χ2n) is 6.78. The minimum absolute atomic E-state index is 0.0180. The molecule has 0 bridgehead atoms. The molecule has 0 spiro atoms. The molecular formula is C15H24N2O2. The Morgan fingerprint density at radius 3 is 2.37 bits per heavy atom. The van der Waals surface area contributed by atoms with E-state index in [-0.39, 0.29) is 23.3 Å². The van der Waals surface area contributed by atoms with Gasteiger partial charge in [-0.3, -0.25) is 4.79 Å². The molecule has 106 valence electrons. The van der Waals surface area contributed by atoms with Gasteiger partial charge in [-0.2, -0.15) is 4.98 Å². The third kappa shape index (κ3) is 2.99. The van der Waals surface area contributed by atoms with E-state index in [1.807, 2.05) is 13.8 Å². The summed E-state index contributed by atoms with van der Waals surface area (Å²) in [6.07, 6.45) is 4.31. The first-order valence-corrected chi connectivity index (χ1v) is 7.13.